The highest BCUT2D eigenvalue weighted by molar-refractivity contribution is 6.32. The van der Waals surface area contributed by atoms with Gasteiger partial charge in [0, 0.05) is 16.1 Å². The lowest BCUT2D eigenvalue weighted by molar-refractivity contribution is -0.117. The predicted molar refractivity (Wildman–Crippen MR) is 93.8 cm³/mol. The average Bonchev–Trinajstić information content (AvgIpc) is 2.73. The number of amides is 1. The zero-order chi connectivity index (χ0) is 18.0. The van der Waals surface area contributed by atoms with Gasteiger partial charge < -0.3 is 15.1 Å². The van der Waals surface area contributed by atoms with E-state index in [1.165, 1.54) is 11.0 Å². The molecule has 0 aliphatic carbocycles. The molecule has 1 amide bonds. The summed E-state index contributed by atoms with van der Waals surface area (Å²) in [7, 11) is 0. The first-order chi connectivity index (χ1) is 12.0. The lowest BCUT2D eigenvalue weighted by Crippen LogP contribution is -2.40. The summed E-state index contributed by atoms with van der Waals surface area (Å²) in [6.07, 6.45) is -1.09. The monoisotopic (exact) mass is 362 g/mol. The van der Waals surface area contributed by atoms with Gasteiger partial charge in [0.1, 0.15) is 12.4 Å². The Labute approximate surface area is 149 Å². The molecule has 5 nitrogen and oxygen atoms in total. The van der Waals surface area contributed by atoms with E-state index in [2.05, 4.69) is 4.99 Å². The van der Waals surface area contributed by atoms with Gasteiger partial charge in [-0.15, -0.1) is 0 Å². The average molecular weight is 363 g/mol. The van der Waals surface area contributed by atoms with Crippen LogP contribution in [0.3, 0.4) is 0 Å². The second-order valence-corrected chi connectivity index (χ2v) is 6.08. The van der Waals surface area contributed by atoms with E-state index in [0.717, 1.165) is 0 Å². The van der Waals surface area contributed by atoms with Crippen molar-refractivity contribution < 1.29 is 19.4 Å². The summed E-state index contributed by atoms with van der Waals surface area (Å²) in [6, 6.07) is 11.0. The Morgan fingerprint density at radius 2 is 2.00 bits per heavy atom. The lowest BCUT2D eigenvalue weighted by Gasteiger charge is -2.25. The van der Waals surface area contributed by atoms with Gasteiger partial charge in [-0.1, -0.05) is 23.7 Å². The maximum Gasteiger partial charge on any atom is 0.248 e. The number of carbonyl (C=O) groups excluding carboxylic acids is 1. The van der Waals surface area contributed by atoms with Crippen molar-refractivity contribution in [1.82, 2.24) is 0 Å². The fourth-order valence-corrected chi connectivity index (χ4v) is 2.91. The van der Waals surface area contributed by atoms with Gasteiger partial charge >= 0.3 is 0 Å². The number of benzene rings is 2. The number of rotatable bonds is 4. The first kappa shape index (κ1) is 17.5. The standard InChI is InChI=1S/C18H16ClFN2O3/c19-11-5-6-16-14(7-11)18(13-3-1-2-4-15(13)20)21-8-17(25)22(16)9-12(24)10-23/h1-7,12,23-24H,8-10H2/t12-/m0/s1. The van der Waals surface area contributed by atoms with Gasteiger partial charge in [-0.3, -0.25) is 9.79 Å². The van der Waals surface area contributed by atoms with Crippen molar-refractivity contribution in [3.8, 4) is 0 Å². The molecule has 7 heteroatoms. The first-order valence-corrected chi connectivity index (χ1v) is 8.07. The Bertz CT molecular complexity index is 841. The van der Waals surface area contributed by atoms with E-state index in [-0.39, 0.29) is 24.6 Å². The summed E-state index contributed by atoms with van der Waals surface area (Å²) in [5.74, 6) is -0.814. The minimum absolute atomic E-state index is 0.0932. The van der Waals surface area contributed by atoms with Crippen LogP contribution >= 0.6 is 11.6 Å². The third kappa shape index (κ3) is 3.56. The summed E-state index contributed by atoms with van der Waals surface area (Å²) in [6.45, 7) is -0.772. The Balaban J connectivity index is 2.16. The van der Waals surface area contributed by atoms with E-state index < -0.39 is 18.5 Å². The zero-order valence-corrected chi connectivity index (χ0v) is 13.9. The molecule has 25 heavy (non-hydrogen) atoms. The van der Waals surface area contributed by atoms with Crippen molar-refractivity contribution in [2.45, 2.75) is 6.10 Å². The molecular weight excluding hydrogens is 347 g/mol. The Morgan fingerprint density at radius 1 is 1.24 bits per heavy atom. The molecule has 0 bridgehead atoms. The van der Waals surface area contributed by atoms with Crippen molar-refractivity contribution in [3.63, 3.8) is 0 Å². The third-order valence-electron chi connectivity index (χ3n) is 3.91. The molecule has 130 valence electrons. The van der Waals surface area contributed by atoms with Crippen molar-refractivity contribution in [2.24, 2.45) is 4.99 Å². The number of aliphatic imine (C=N–C) groups is 1. The highest BCUT2D eigenvalue weighted by atomic mass is 35.5. The molecule has 0 radical (unpaired) electrons. The predicted octanol–water partition coefficient (Wildman–Crippen LogP) is 2.02. The maximum atomic E-state index is 14.3. The van der Waals surface area contributed by atoms with Crippen molar-refractivity contribution >= 4 is 28.9 Å². The molecule has 1 atom stereocenters. The van der Waals surface area contributed by atoms with Gasteiger partial charge in [0.15, 0.2) is 0 Å². The highest BCUT2D eigenvalue weighted by Crippen LogP contribution is 2.30. The van der Waals surface area contributed by atoms with Crippen LogP contribution in [0.25, 0.3) is 0 Å². The second kappa shape index (κ2) is 7.31. The smallest absolute Gasteiger partial charge is 0.248 e. The van der Waals surface area contributed by atoms with Crippen LogP contribution in [0.15, 0.2) is 47.5 Å². The van der Waals surface area contributed by atoms with Crippen molar-refractivity contribution in [3.05, 3.63) is 64.4 Å². The minimum Gasteiger partial charge on any atom is -0.394 e. The number of anilines is 1. The van der Waals surface area contributed by atoms with E-state index in [1.54, 1.807) is 36.4 Å². The lowest BCUT2D eigenvalue weighted by atomic mass is 9.99. The zero-order valence-electron chi connectivity index (χ0n) is 13.2. The fraction of sp³-hybridized carbons (Fsp3) is 0.222. The van der Waals surface area contributed by atoms with Crippen molar-refractivity contribution in [1.29, 1.82) is 0 Å². The summed E-state index contributed by atoms with van der Waals surface area (Å²) in [5, 5.41) is 19.3. The molecule has 3 rings (SSSR count). The van der Waals surface area contributed by atoms with Crippen LogP contribution in [0.1, 0.15) is 11.1 Å². The molecule has 0 saturated heterocycles. The fourth-order valence-electron chi connectivity index (χ4n) is 2.74. The Hall–Kier alpha value is -2.28. The van der Waals surface area contributed by atoms with Crippen LogP contribution in [-0.2, 0) is 4.79 Å². The number of halogens is 2. The summed E-state index contributed by atoms with van der Waals surface area (Å²) < 4.78 is 14.3. The molecule has 0 spiro atoms. The maximum absolute atomic E-state index is 14.3. The van der Waals surface area contributed by atoms with Crippen LogP contribution in [0, 0.1) is 5.82 Å². The third-order valence-corrected chi connectivity index (χ3v) is 4.15. The summed E-state index contributed by atoms with van der Waals surface area (Å²) in [5.41, 5.74) is 1.54. The molecular formula is C18H16ClFN2O3. The molecule has 2 aromatic carbocycles. The van der Waals surface area contributed by atoms with Crippen molar-refractivity contribution in [2.75, 3.05) is 24.6 Å². The van der Waals surface area contributed by atoms with E-state index in [1.807, 2.05) is 0 Å². The molecule has 1 heterocycles. The number of aliphatic hydroxyl groups is 2. The number of hydrogen-bond donors (Lipinski definition) is 2. The van der Waals surface area contributed by atoms with Gasteiger partial charge in [0.05, 0.1) is 30.7 Å². The Morgan fingerprint density at radius 3 is 2.72 bits per heavy atom. The number of benzodiazepines with no additional fused rings is 1. The minimum atomic E-state index is -1.09. The SMILES string of the molecule is O=C1CN=C(c2ccccc2F)c2cc(Cl)ccc2N1C[C@H](O)CO. The van der Waals surface area contributed by atoms with Crippen LogP contribution < -0.4 is 4.90 Å². The van der Waals surface area contributed by atoms with Gasteiger partial charge in [0.25, 0.3) is 0 Å². The highest BCUT2D eigenvalue weighted by Gasteiger charge is 2.27. The van der Waals surface area contributed by atoms with E-state index in [9.17, 15) is 14.3 Å². The quantitative estimate of drug-likeness (QED) is 0.874. The van der Waals surface area contributed by atoms with E-state index in [0.29, 0.717) is 22.0 Å². The molecule has 0 unspecified atom stereocenters. The molecule has 1 aliphatic rings. The molecule has 0 fully saturated rings. The molecule has 1 aliphatic heterocycles. The van der Waals surface area contributed by atoms with Crippen LogP contribution in [0.5, 0.6) is 0 Å². The summed E-state index contributed by atoms with van der Waals surface area (Å²) in [4.78, 5) is 18.1. The van der Waals surface area contributed by atoms with Gasteiger partial charge in [-0.25, -0.2) is 4.39 Å². The van der Waals surface area contributed by atoms with Gasteiger partial charge in [-0.05, 0) is 30.3 Å². The first-order valence-electron chi connectivity index (χ1n) is 7.70. The van der Waals surface area contributed by atoms with E-state index >= 15 is 0 Å². The van der Waals surface area contributed by atoms with E-state index in [4.69, 9.17) is 16.7 Å². The van der Waals surface area contributed by atoms with Crippen LogP contribution in [0.2, 0.25) is 5.02 Å². The molecule has 2 aromatic rings. The molecule has 0 saturated carbocycles. The number of nitrogens with zero attached hydrogens (tertiary/aromatic N) is 2. The van der Waals surface area contributed by atoms with Gasteiger partial charge in [-0.2, -0.15) is 0 Å². The summed E-state index contributed by atoms with van der Waals surface area (Å²) >= 11 is 6.10. The van der Waals surface area contributed by atoms with Crippen LogP contribution in [-0.4, -0.2) is 47.6 Å². The molecule has 0 aromatic heterocycles. The number of carbonyl (C=O) groups is 1. The Kier molecular flexibility index (Phi) is 5.13. The number of aliphatic hydroxyl groups excluding tert-OH is 2. The second-order valence-electron chi connectivity index (χ2n) is 5.65. The van der Waals surface area contributed by atoms with Crippen LogP contribution in [0.4, 0.5) is 10.1 Å². The number of β-amino-alcohol motifs (C(OH)–C–C–N with tert-alkyl or cyclic N) is 1. The normalized spacial score (nSPS) is 15.4. The molecule has 2 N–H and O–H groups in total. The largest absolute Gasteiger partial charge is 0.394 e. The topological polar surface area (TPSA) is 73.1 Å². The number of hydrogen-bond acceptors (Lipinski definition) is 4. The van der Waals surface area contributed by atoms with Gasteiger partial charge in [0.2, 0.25) is 5.91 Å². The number of fused-ring (bicyclic) bond motifs is 1.